The van der Waals surface area contributed by atoms with E-state index in [1.807, 2.05) is 42.1 Å². The van der Waals surface area contributed by atoms with E-state index in [-0.39, 0.29) is 22.9 Å². The van der Waals surface area contributed by atoms with E-state index < -0.39 is 0 Å². The van der Waals surface area contributed by atoms with Crippen LogP contribution in [0.1, 0.15) is 15.9 Å². The summed E-state index contributed by atoms with van der Waals surface area (Å²) in [4.78, 5) is 12.4. The SMILES string of the molecule is Cn1cc(C=C2Oc3cccc(O)c3C2=O)c2ccccc21. The first-order valence-electron chi connectivity index (χ1n) is 6.95. The van der Waals surface area contributed by atoms with Crippen LogP contribution in [0.3, 0.4) is 0 Å². The smallest absolute Gasteiger partial charge is 0.235 e. The van der Waals surface area contributed by atoms with E-state index in [0.29, 0.717) is 5.75 Å². The molecule has 2 heterocycles. The van der Waals surface area contributed by atoms with Gasteiger partial charge in [0.05, 0.1) is 0 Å². The van der Waals surface area contributed by atoms with Crippen LogP contribution in [0.25, 0.3) is 17.0 Å². The summed E-state index contributed by atoms with van der Waals surface area (Å²) in [5.74, 6) is 0.286. The van der Waals surface area contributed by atoms with Crippen molar-refractivity contribution in [2.24, 2.45) is 7.05 Å². The zero-order valence-corrected chi connectivity index (χ0v) is 11.9. The van der Waals surface area contributed by atoms with Gasteiger partial charge in [-0.05, 0) is 24.3 Å². The number of Topliss-reactive ketones (excluding diaryl/α,β-unsaturated/α-hetero) is 1. The molecule has 0 saturated heterocycles. The van der Waals surface area contributed by atoms with Gasteiger partial charge in [0.25, 0.3) is 0 Å². The molecule has 4 rings (SSSR count). The van der Waals surface area contributed by atoms with Gasteiger partial charge in [-0.1, -0.05) is 24.3 Å². The molecule has 22 heavy (non-hydrogen) atoms. The Morgan fingerprint density at radius 3 is 2.77 bits per heavy atom. The molecule has 0 atom stereocenters. The minimum Gasteiger partial charge on any atom is -0.507 e. The van der Waals surface area contributed by atoms with Crippen LogP contribution in [-0.4, -0.2) is 15.5 Å². The Labute approximate surface area is 126 Å². The number of aromatic nitrogens is 1. The Balaban J connectivity index is 1.85. The molecule has 0 radical (unpaired) electrons. The van der Waals surface area contributed by atoms with Crippen molar-refractivity contribution in [3.8, 4) is 11.5 Å². The summed E-state index contributed by atoms with van der Waals surface area (Å²) in [6, 6.07) is 12.8. The third-order valence-electron chi connectivity index (χ3n) is 3.89. The van der Waals surface area contributed by atoms with Gasteiger partial charge in [-0.15, -0.1) is 0 Å². The van der Waals surface area contributed by atoms with E-state index in [0.717, 1.165) is 16.5 Å². The fourth-order valence-corrected chi connectivity index (χ4v) is 2.85. The Hall–Kier alpha value is -3.01. The number of nitrogens with zero attached hydrogens (tertiary/aromatic N) is 1. The maximum absolute atomic E-state index is 12.4. The van der Waals surface area contributed by atoms with Crippen molar-refractivity contribution in [1.29, 1.82) is 0 Å². The third-order valence-corrected chi connectivity index (χ3v) is 3.89. The zero-order valence-electron chi connectivity index (χ0n) is 11.9. The highest BCUT2D eigenvalue weighted by molar-refractivity contribution is 6.16. The number of aryl methyl sites for hydroxylation is 1. The molecule has 2 aromatic carbocycles. The lowest BCUT2D eigenvalue weighted by Crippen LogP contribution is -1.98. The van der Waals surface area contributed by atoms with Crippen molar-refractivity contribution < 1.29 is 14.6 Å². The fourth-order valence-electron chi connectivity index (χ4n) is 2.85. The number of hydrogen-bond acceptors (Lipinski definition) is 3. The first kappa shape index (κ1) is 12.7. The van der Waals surface area contributed by atoms with Gasteiger partial charge >= 0.3 is 0 Å². The van der Waals surface area contributed by atoms with Crippen molar-refractivity contribution >= 4 is 22.8 Å². The van der Waals surface area contributed by atoms with Crippen LogP contribution in [0.15, 0.2) is 54.4 Å². The monoisotopic (exact) mass is 291 g/mol. The van der Waals surface area contributed by atoms with Crippen molar-refractivity contribution in [2.45, 2.75) is 0 Å². The average molecular weight is 291 g/mol. The number of carbonyl (C=O) groups excluding carboxylic acids is 1. The standard InChI is InChI=1S/C18H13NO3/c1-19-10-11(12-5-2-3-6-13(12)19)9-16-18(21)17-14(20)7-4-8-15(17)22-16/h2-10,20H,1H3. The lowest BCUT2D eigenvalue weighted by Gasteiger charge is -1.97. The molecule has 1 aromatic heterocycles. The van der Waals surface area contributed by atoms with Crippen molar-refractivity contribution in [2.75, 3.05) is 0 Å². The van der Waals surface area contributed by atoms with Gasteiger partial charge in [0.15, 0.2) is 5.76 Å². The molecule has 0 unspecified atom stereocenters. The third kappa shape index (κ3) is 1.74. The molecule has 4 nitrogen and oxygen atoms in total. The summed E-state index contributed by atoms with van der Waals surface area (Å²) < 4.78 is 7.61. The molecule has 108 valence electrons. The second-order valence-corrected chi connectivity index (χ2v) is 5.30. The second kappa shape index (κ2) is 4.49. The summed E-state index contributed by atoms with van der Waals surface area (Å²) >= 11 is 0. The lowest BCUT2D eigenvalue weighted by molar-refractivity contribution is 0.101. The molecule has 1 N–H and O–H groups in total. The molecular formula is C18H13NO3. The van der Waals surface area contributed by atoms with Crippen LogP contribution in [0.2, 0.25) is 0 Å². The van der Waals surface area contributed by atoms with Gasteiger partial charge in [-0.25, -0.2) is 0 Å². The van der Waals surface area contributed by atoms with Gasteiger partial charge < -0.3 is 14.4 Å². The molecule has 4 heteroatoms. The highest BCUT2D eigenvalue weighted by atomic mass is 16.5. The van der Waals surface area contributed by atoms with E-state index in [1.54, 1.807) is 18.2 Å². The lowest BCUT2D eigenvalue weighted by atomic mass is 10.1. The number of ketones is 1. The minimum absolute atomic E-state index is 0.0520. The largest absolute Gasteiger partial charge is 0.507 e. The highest BCUT2D eigenvalue weighted by Crippen LogP contribution is 2.37. The number of rotatable bonds is 1. The average Bonchev–Trinajstić information content (AvgIpc) is 3.00. The number of para-hydroxylation sites is 1. The quantitative estimate of drug-likeness (QED) is 0.698. The number of carbonyl (C=O) groups is 1. The first-order chi connectivity index (χ1) is 10.6. The number of ether oxygens (including phenoxy) is 1. The molecule has 0 spiro atoms. The van der Waals surface area contributed by atoms with E-state index in [9.17, 15) is 9.90 Å². The zero-order chi connectivity index (χ0) is 15.3. The van der Waals surface area contributed by atoms with Crippen molar-refractivity contribution in [3.05, 3.63) is 65.5 Å². The van der Waals surface area contributed by atoms with Gasteiger partial charge in [-0.3, -0.25) is 4.79 Å². The number of hydrogen-bond donors (Lipinski definition) is 1. The Bertz CT molecular complexity index is 950. The molecule has 0 amide bonds. The van der Waals surface area contributed by atoms with E-state index in [4.69, 9.17) is 4.74 Å². The van der Waals surface area contributed by atoms with Crippen molar-refractivity contribution in [3.63, 3.8) is 0 Å². The van der Waals surface area contributed by atoms with Gasteiger partial charge in [-0.2, -0.15) is 0 Å². The number of fused-ring (bicyclic) bond motifs is 2. The normalized spacial score (nSPS) is 15.3. The van der Waals surface area contributed by atoms with Crippen LogP contribution in [0.5, 0.6) is 11.5 Å². The molecule has 3 aromatic rings. The number of aromatic hydroxyl groups is 1. The Kier molecular flexibility index (Phi) is 2.60. The number of phenols is 1. The number of phenolic OH excluding ortho intramolecular Hbond substituents is 1. The van der Waals surface area contributed by atoms with Crippen LogP contribution < -0.4 is 4.74 Å². The van der Waals surface area contributed by atoms with Crippen LogP contribution in [0, 0.1) is 0 Å². The second-order valence-electron chi connectivity index (χ2n) is 5.30. The molecule has 0 bridgehead atoms. The molecule has 0 saturated carbocycles. The minimum atomic E-state index is -0.291. The van der Waals surface area contributed by atoms with Gasteiger partial charge in [0.2, 0.25) is 5.78 Å². The highest BCUT2D eigenvalue weighted by Gasteiger charge is 2.30. The molecule has 0 aliphatic carbocycles. The predicted molar refractivity (Wildman–Crippen MR) is 84.0 cm³/mol. The summed E-state index contributed by atoms with van der Waals surface area (Å²) in [5.41, 5.74) is 2.22. The van der Waals surface area contributed by atoms with E-state index >= 15 is 0 Å². The summed E-state index contributed by atoms with van der Waals surface area (Å²) in [5, 5.41) is 10.9. The van der Waals surface area contributed by atoms with Gasteiger partial charge in [0, 0.05) is 29.7 Å². The van der Waals surface area contributed by atoms with E-state index in [2.05, 4.69) is 0 Å². The molecule has 1 aliphatic rings. The maximum atomic E-state index is 12.4. The van der Waals surface area contributed by atoms with Crippen LogP contribution in [0.4, 0.5) is 0 Å². The number of benzene rings is 2. The van der Waals surface area contributed by atoms with Gasteiger partial charge in [0.1, 0.15) is 17.1 Å². The molecule has 1 aliphatic heterocycles. The Morgan fingerprint density at radius 2 is 1.95 bits per heavy atom. The summed E-state index contributed by atoms with van der Waals surface area (Å²) in [6.07, 6.45) is 3.68. The Morgan fingerprint density at radius 1 is 1.14 bits per heavy atom. The fraction of sp³-hybridized carbons (Fsp3) is 0.0556. The molecule has 0 fully saturated rings. The topological polar surface area (TPSA) is 51.5 Å². The maximum Gasteiger partial charge on any atom is 0.235 e. The summed E-state index contributed by atoms with van der Waals surface area (Å²) in [7, 11) is 1.96. The van der Waals surface area contributed by atoms with Crippen LogP contribution >= 0.6 is 0 Å². The number of allylic oxidation sites excluding steroid dienone is 1. The molecular weight excluding hydrogens is 278 g/mol. The van der Waals surface area contributed by atoms with Crippen molar-refractivity contribution in [1.82, 2.24) is 4.57 Å². The van der Waals surface area contributed by atoms with E-state index in [1.165, 1.54) is 6.07 Å². The van der Waals surface area contributed by atoms with Crippen LogP contribution in [-0.2, 0) is 7.05 Å². The summed E-state index contributed by atoms with van der Waals surface area (Å²) in [6.45, 7) is 0. The first-order valence-corrected chi connectivity index (χ1v) is 6.95. The predicted octanol–water partition coefficient (Wildman–Crippen LogP) is 3.50.